The number of benzene rings is 5. The fraction of sp³-hybridized carbons (Fsp3) is 0.205. The lowest BCUT2D eigenvalue weighted by Gasteiger charge is -2.28. The molecule has 0 radical (unpaired) electrons. The molecule has 1 aliphatic heterocycles. The summed E-state index contributed by atoms with van der Waals surface area (Å²) in [5.74, 6) is 1.44. The summed E-state index contributed by atoms with van der Waals surface area (Å²) in [5, 5.41) is -0.171. The highest BCUT2D eigenvalue weighted by Crippen LogP contribution is 2.54. The van der Waals surface area contributed by atoms with Gasteiger partial charge in [0, 0.05) is 68.4 Å². The zero-order valence-electron chi connectivity index (χ0n) is 32.1. The SMILES string of the molecule is COc1ccc(C(=CC2(C=C(c3ccc(N(C)C)cc3)c3ccc(OC)cc3OC)OC(=O)c3c(Cl)c(Cl)c(Cl)c(Cl)c32)c2ccc(N(C)C)cc2)c(OC)c1. The van der Waals surface area contributed by atoms with Crippen LogP contribution in [0.2, 0.25) is 20.1 Å². The predicted octanol–water partition coefficient (Wildman–Crippen LogP) is 11.1. The predicted molar refractivity (Wildman–Crippen MR) is 228 cm³/mol. The second kappa shape index (κ2) is 16.6. The third-order valence-electron chi connectivity index (χ3n) is 9.63. The highest BCUT2D eigenvalue weighted by molar-refractivity contribution is 6.53. The minimum absolute atomic E-state index is 0.00224. The van der Waals surface area contributed by atoms with Crippen LogP contribution in [-0.4, -0.2) is 62.6 Å². The fourth-order valence-corrected chi connectivity index (χ4v) is 7.75. The summed E-state index contributed by atoms with van der Waals surface area (Å²) in [5.41, 5.74) is 4.57. The Morgan fingerprint density at radius 1 is 0.571 bits per heavy atom. The number of nitrogens with zero attached hydrogens (tertiary/aromatic N) is 2. The van der Waals surface area contributed by atoms with Crippen molar-refractivity contribution in [1.29, 1.82) is 0 Å². The molecule has 12 heteroatoms. The number of rotatable bonds is 12. The van der Waals surface area contributed by atoms with Crippen LogP contribution in [0.25, 0.3) is 11.1 Å². The van der Waals surface area contributed by atoms with Crippen molar-refractivity contribution in [3.8, 4) is 23.0 Å². The third-order valence-corrected chi connectivity index (χ3v) is 11.4. The van der Waals surface area contributed by atoms with E-state index in [1.54, 1.807) is 40.6 Å². The minimum atomic E-state index is -1.76. The van der Waals surface area contributed by atoms with Crippen LogP contribution in [0, 0.1) is 0 Å². The Morgan fingerprint density at radius 3 is 1.36 bits per heavy atom. The fourth-order valence-electron chi connectivity index (χ4n) is 6.67. The first-order chi connectivity index (χ1) is 26.8. The largest absolute Gasteiger partial charge is 0.497 e. The molecule has 0 unspecified atom stereocenters. The first kappa shape index (κ1) is 40.7. The van der Waals surface area contributed by atoms with Crippen LogP contribution in [0.5, 0.6) is 23.0 Å². The van der Waals surface area contributed by atoms with E-state index in [-0.39, 0.29) is 31.2 Å². The second-order valence-electron chi connectivity index (χ2n) is 13.3. The number of ether oxygens (including phenoxy) is 5. The molecule has 290 valence electrons. The number of cyclic esters (lactones) is 1. The van der Waals surface area contributed by atoms with Crippen LogP contribution in [0.15, 0.2) is 97.1 Å². The first-order valence-electron chi connectivity index (χ1n) is 17.3. The second-order valence-corrected chi connectivity index (χ2v) is 14.8. The lowest BCUT2D eigenvalue weighted by molar-refractivity contribution is 0.0300. The molecular weight excluding hydrogens is 794 g/mol. The monoisotopic (exact) mass is 832 g/mol. The van der Waals surface area contributed by atoms with Crippen molar-refractivity contribution in [2.75, 3.05) is 66.4 Å². The summed E-state index contributed by atoms with van der Waals surface area (Å²) in [7, 11) is 14.2. The minimum Gasteiger partial charge on any atom is -0.497 e. The highest BCUT2D eigenvalue weighted by atomic mass is 35.5. The van der Waals surface area contributed by atoms with Crippen molar-refractivity contribution < 1.29 is 28.5 Å². The number of hydrogen-bond acceptors (Lipinski definition) is 8. The molecule has 0 spiro atoms. The van der Waals surface area contributed by atoms with Crippen LogP contribution in [0.4, 0.5) is 11.4 Å². The Kier molecular flexibility index (Phi) is 12.1. The summed E-state index contributed by atoms with van der Waals surface area (Å²) in [6.07, 6.45) is 3.67. The lowest BCUT2D eigenvalue weighted by atomic mass is 9.82. The Morgan fingerprint density at radius 2 is 0.982 bits per heavy atom. The molecule has 5 aromatic carbocycles. The van der Waals surface area contributed by atoms with E-state index in [2.05, 4.69) is 0 Å². The van der Waals surface area contributed by atoms with Gasteiger partial charge >= 0.3 is 5.97 Å². The Bertz CT molecular complexity index is 2230. The molecule has 0 fully saturated rings. The van der Waals surface area contributed by atoms with Gasteiger partial charge in [-0.05, 0) is 83.0 Å². The molecule has 5 aromatic rings. The lowest BCUT2D eigenvalue weighted by Crippen LogP contribution is -2.23. The van der Waals surface area contributed by atoms with Crippen LogP contribution in [0.1, 0.15) is 38.2 Å². The molecule has 0 saturated heterocycles. The number of fused-ring (bicyclic) bond motifs is 1. The van der Waals surface area contributed by atoms with Crippen molar-refractivity contribution in [1.82, 2.24) is 0 Å². The molecule has 56 heavy (non-hydrogen) atoms. The van der Waals surface area contributed by atoms with E-state index in [9.17, 15) is 4.79 Å². The molecule has 1 aliphatic rings. The zero-order valence-corrected chi connectivity index (χ0v) is 35.1. The number of esters is 1. The number of halogens is 4. The molecule has 0 amide bonds. The standard InChI is InChI=1S/C44H40Cl4N2O6/c1-49(2)27-13-9-25(10-14-27)33(31-19-17-29(52-5)21-35(31)54-7)23-44(38-37(43(51)56-44)39(45)41(47)42(48)40(38)46)24-34(26-11-15-28(16-12-26)50(3)4)32-20-18-30(53-6)22-36(32)55-8/h9-24H,1-8H3. The van der Waals surface area contributed by atoms with Gasteiger partial charge in [0.1, 0.15) is 23.0 Å². The van der Waals surface area contributed by atoms with Crippen LogP contribution >= 0.6 is 46.4 Å². The Balaban J connectivity index is 1.80. The van der Waals surface area contributed by atoms with E-state index >= 15 is 0 Å². The maximum absolute atomic E-state index is 14.3. The maximum Gasteiger partial charge on any atom is 0.341 e. The molecule has 1 heterocycles. The highest BCUT2D eigenvalue weighted by Gasteiger charge is 2.48. The van der Waals surface area contributed by atoms with Gasteiger partial charge in [-0.25, -0.2) is 4.79 Å². The smallest absolute Gasteiger partial charge is 0.341 e. The van der Waals surface area contributed by atoms with Crippen LogP contribution < -0.4 is 28.7 Å². The van der Waals surface area contributed by atoms with Crippen molar-refractivity contribution in [2.24, 2.45) is 0 Å². The van der Waals surface area contributed by atoms with Gasteiger partial charge in [0.15, 0.2) is 5.60 Å². The van der Waals surface area contributed by atoms with Gasteiger partial charge in [-0.1, -0.05) is 70.7 Å². The Hall–Kier alpha value is -4.99. The van der Waals surface area contributed by atoms with Crippen LogP contribution in [-0.2, 0) is 10.3 Å². The zero-order chi connectivity index (χ0) is 40.5. The average molecular weight is 835 g/mol. The number of carbonyl (C=O) groups is 1. The molecule has 0 atom stereocenters. The number of hydrogen-bond donors (Lipinski definition) is 0. The molecule has 0 N–H and O–H groups in total. The summed E-state index contributed by atoms with van der Waals surface area (Å²) >= 11 is 27.4. The van der Waals surface area contributed by atoms with E-state index in [0.717, 1.165) is 22.5 Å². The Labute approximate surface area is 347 Å². The first-order valence-corrected chi connectivity index (χ1v) is 18.8. The van der Waals surface area contributed by atoms with Gasteiger partial charge in [-0.2, -0.15) is 0 Å². The summed E-state index contributed by atoms with van der Waals surface area (Å²) in [6, 6.07) is 26.9. The molecule has 0 saturated carbocycles. The molecule has 0 bridgehead atoms. The molecule has 0 aliphatic carbocycles. The van der Waals surface area contributed by atoms with E-state index in [0.29, 0.717) is 45.3 Å². The van der Waals surface area contributed by atoms with Crippen molar-refractivity contribution in [3.63, 3.8) is 0 Å². The molecule has 6 rings (SSSR count). The van der Waals surface area contributed by atoms with Crippen LogP contribution in [0.3, 0.4) is 0 Å². The van der Waals surface area contributed by atoms with E-state index in [1.165, 1.54) is 0 Å². The summed E-state index contributed by atoms with van der Waals surface area (Å²) in [6.45, 7) is 0. The van der Waals surface area contributed by atoms with E-state index < -0.39 is 11.6 Å². The van der Waals surface area contributed by atoms with Gasteiger partial charge in [-0.15, -0.1) is 0 Å². The van der Waals surface area contributed by atoms with Gasteiger partial charge in [0.2, 0.25) is 0 Å². The quantitative estimate of drug-likeness (QED) is 0.0699. The number of methoxy groups -OCH3 is 4. The molecular formula is C44H40Cl4N2O6. The van der Waals surface area contributed by atoms with Crippen molar-refractivity contribution in [2.45, 2.75) is 5.60 Å². The topological polar surface area (TPSA) is 69.7 Å². The van der Waals surface area contributed by atoms with E-state index in [4.69, 9.17) is 70.1 Å². The summed E-state index contributed by atoms with van der Waals surface area (Å²) < 4.78 is 29.6. The number of carbonyl (C=O) groups excluding carboxylic acids is 1. The maximum atomic E-state index is 14.3. The van der Waals surface area contributed by atoms with Gasteiger partial charge in [0.25, 0.3) is 0 Å². The molecule has 8 nitrogen and oxygen atoms in total. The third kappa shape index (κ3) is 7.59. The summed E-state index contributed by atoms with van der Waals surface area (Å²) in [4.78, 5) is 18.3. The van der Waals surface area contributed by atoms with Crippen molar-refractivity contribution in [3.05, 3.63) is 151 Å². The van der Waals surface area contributed by atoms with Gasteiger partial charge in [-0.3, -0.25) is 0 Å². The van der Waals surface area contributed by atoms with Gasteiger partial charge < -0.3 is 33.5 Å². The van der Waals surface area contributed by atoms with Crippen molar-refractivity contribution >= 4 is 74.9 Å². The average Bonchev–Trinajstić information content (AvgIpc) is 3.50. The van der Waals surface area contributed by atoms with Gasteiger partial charge in [0.05, 0.1) is 54.1 Å². The normalized spacial score (nSPS) is 15.2. The molecule has 0 aromatic heterocycles. The number of anilines is 2. The van der Waals surface area contributed by atoms with E-state index in [1.807, 2.05) is 123 Å².